The van der Waals surface area contributed by atoms with Gasteiger partial charge in [-0.15, -0.1) is 10.2 Å². The molecule has 8 heteroatoms. The number of nitrogens with zero attached hydrogens (tertiary/aromatic N) is 5. The van der Waals surface area contributed by atoms with E-state index in [9.17, 15) is 9.59 Å². The maximum Gasteiger partial charge on any atom is 0.267 e. The van der Waals surface area contributed by atoms with E-state index in [-0.39, 0.29) is 17.2 Å². The lowest BCUT2D eigenvalue weighted by Crippen LogP contribution is -2.43. The van der Waals surface area contributed by atoms with Crippen LogP contribution in [0.5, 0.6) is 0 Å². The first-order valence-electron chi connectivity index (χ1n) is 11.7. The zero-order valence-corrected chi connectivity index (χ0v) is 20.8. The van der Waals surface area contributed by atoms with Crippen LogP contribution in [0.2, 0.25) is 0 Å². The van der Waals surface area contributed by atoms with E-state index in [1.807, 2.05) is 65.6 Å². The monoisotopic (exact) mass is 475 g/mol. The number of piperidine rings is 1. The molecular weight excluding hydrogens is 446 g/mol. The van der Waals surface area contributed by atoms with Gasteiger partial charge in [-0.25, -0.2) is 4.57 Å². The van der Waals surface area contributed by atoms with Crippen molar-refractivity contribution in [3.63, 3.8) is 0 Å². The molecule has 4 aromatic rings. The molecule has 1 aliphatic heterocycles. The summed E-state index contributed by atoms with van der Waals surface area (Å²) in [7, 11) is 0. The van der Waals surface area contributed by atoms with E-state index in [2.05, 4.69) is 24.0 Å². The predicted molar refractivity (Wildman–Crippen MR) is 136 cm³/mol. The van der Waals surface area contributed by atoms with Crippen molar-refractivity contribution in [2.24, 2.45) is 11.8 Å². The van der Waals surface area contributed by atoms with E-state index in [0.717, 1.165) is 41.8 Å². The van der Waals surface area contributed by atoms with Crippen LogP contribution in [0.3, 0.4) is 0 Å². The van der Waals surface area contributed by atoms with Crippen LogP contribution in [0.25, 0.3) is 22.4 Å². The molecule has 5 rings (SSSR count). The number of fused-ring (bicyclic) bond motifs is 3. The molecule has 0 saturated carbocycles. The van der Waals surface area contributed by atoms with Crippen LogP contribution in [0.1, 0.15) is 31.4 Å². The first kappa shape index (κ1) is 22.7. The minimum atomic E-state index is -0.128. The second kappa shape index (κ2) is 8.91. The standard InChI is InChI=1S/C26H29N5O2S/c1-16-12-17(2)14-29(13-16)22(32)15-34-26-28-27-25-30(26)21-11-6-5-10-20(21)24(33)31(25)23-18(3)8-7-9-19(23)4/h5-11,16-17H,12-15H2,1-4H3/t16-,17-/m0/s1. The molecule has 34 heavy (non-hydrogen) atoms. The van der Waals surface area contributed by atoms with Crippen LogP contribution < -0.4 is 5.56 Å². The van der Waals surface area contributed by atoms with Gasteiger partial charge in [-0.05, 0) is 55.4 Å². The number of rotatable bonds is 4. The lowest BCUT2D eigenvalue weighted by molar-refractivity contribution is -0.130. The highest BCUT2D eigenvalue weighted by Crippen LogP contribution is 2.27. The van der Waals surface area contributed by atoms with Crippen molar-refractivity contribution in [3.05, 3.63) is 63.9 Å². The van der Waals surface area contributed by atoms with Crippen LogP contribution in [-0.2, 0) is 4.79 Å². The van der Waals surface area contributed by atoms with Gasteiger partial charge in [0.05, 0.1) is 22.3 Å². The Bertz CT molecular complexity index is 1430. The fraction of sp³-hybridized carbons (Fsp3) is 0.385. The van der Waals surface area contributed by atoms with E-state index in [1.165, 1.54) is 11.8 Å². The van der Waals surface area contributed by atoms with Gasteiger partial charge in [-0.1, -0.05) is 55.9 Å². The largest absolute Gasteiger partial charge is 0.341 e. The van der Waals surface area contributed by atoms with E-state index < -0.39 is 0 Å². The van der Waals surface area contributed by atoms with Gasteiger partial charge in [0.15, 0.2) is 5.16 Å². The number of likely N-dealkylation sites (tertiary alicyclic amines) is 1. The van der Waals surface area contributed by atoms with Crippen LogP contribution in [0.4, 0.5) is 0 Å². The topological polar surface area (TPSA) is 72.5 Å². The van der Waals surface area contributed by atoms with Gasteiger partial charge in [-0.2, -0.15) is 0 Å². The Morgan fingerprint density at radius 2 is 1.68 bits per heavy atom. The van der Waals surface area contributed by atoms with Crippen molar-refractivity contribution >= 4 is 34.3 Å². The summed E-state index contributed by atoms with van der Waals surface area (Å²) < 4.78 is 3.56. The average Bonchev–Trinajstić information content (AvgIpc) is 3.22. The van der Waals surface area contributed by atoms with Crippen LogP contribution in [0, 0.1) is 25.7 Å². The Kier molecular flexibility index (Phi) is 5.93. The minimum absolute atomic E-state index is 0.118. The zero-order valence-electron chi connectivity index (χ0n) is 20.0. The first-order valence-corrected chi connectivity index (χ1v) is 12.7. The van der Waals surface area contributed by atoms with Crippen molar-refractivity contribution in [1.29, 1.82) is 0 Å². The number of thioether (sulfide) groups is 1. The molecule has 2 atom stereocenters. The number of hydrogen-bond acceptors (Lipinski definition) is 5. The molecule has 0 aliphatic carbocycles. The van der Waals surface area contributed by atoms with Gasteiger partial charge in [0.25, 0.3) is 5.56 Å². The molecule has 0 radical (unpaired) electrons. The van der Waals surface area contributed by atoms with Gasteiger partial charge in [0.2, 0.25) is 11.7 Å². The van der Waals surface area contributed by atoms with Gasteiger partial charge in [0, 0.05) is 13.1 Å². The lowest BCUT2D eigenvalue weighted by Gasteiger charge is -2.34. The van der Waals surface area contributed by atoms with Crippen molar-refractivity contribution in [2.75, 3.05) is 18.8 Å². The van der Waals surface area contributed by atoms with Crippen molar-refractivity contribution in [3.8, 4) is 5.69 Å². The Hall–Kier alpha value is -3.13. The number of aryl methyl sites for hydroxylation is 2. The third kappa shape index (κ3) is 3.90. The SMILES string of the molecule is Cc1cccc(C)c1-n1c(=O)c2ccccc2n2c(SCC(=O)N3C[C@@H](C)C[C@H](C)C3)nnc12. The van der Waals surface area contributed by atoms with Gasteiger partial charge >= 0.3 is 0 Å². The molecule has 1 saturated heterocycles. The number of para-hydroxylation sites is 2. The third-order valence-electron chi connectivity index (χ3n) is 6.60. The molecule has 2 aromatic heterocycles. The lowest BCUT2D eigenvalue weighted by atomic mass is 9.92. The molecule has 0 spiro atoms. The smallest absolute Gasteiger partial charge is 0.267 e. The second-order valence-corrected chi connectivity index (χ2v) is 10.5. The normalized spacial score (nSPS) is 18.6. The molecule has 1 amide bonds. The summed E-state index contributed by atoms with van der Waals surface area (Å²) in [5.41, 5.74) is 3.40. The Balaban J connectivity index is 1.60. The number of hydrogen-bond donors (Lipinski definition) is 0. The predicted octanol–water partition coefficient (Wildman–Crippen LogP) is 4.25. The highest BCUT2D eigenvalue weighted by Gasteiger charge is 2.26. The quantitative estimate of drug-likeness (QED) is 0.413. The van der Waals surface area contributed by atoms with Crippen LogP contribution in [0.15, 0.2) is 52.4 Å². The van der Waals surface area contributed by atoms with Gasteiger partial charge in [0.1, 0.15) is 0 Å². The van der Waals surface area contributed by atoms with Crippen LogP contribution in [-0.4, -0.2) is 48.8 Å². The average molecular weight is 476 g/mol. The maximum absolute atomic E-state index is 13.6. The molecule has 0 bridgehead atoms. The molecule has 0 N–H and O–H groups in total. The molecule has 7 nitrogen and oxygen atoms in total. The maximum atomic E-state index is 13.6. The summed E-state index contributed by atoms with van der Waals surface area (Å²) in [6, 6.07) is 13.5. The van der Waals surface area contributed by atoms with Crippen molar-refractivity contribution in [1.82, 2.24) is 24.1 Å². The molecule has 2 aromatic carbocycles. The summed E-state index contributed by atoms with van der Waals surface area (Å²) >= 11 is 1.38. The molecule has 176 valence electrons. The summed E-state index contributed by atoms with van der Waals surface area (Å²) in [5, 5.41) is 10.1. The number of carbonyl (C=O) groups is 1. The summed E-state index contributed by atoms with van der Waals surface area (Å²) in [6.07, 6.45) is 1.16. The molecule has 0 unspecified atom stereocenters. The van der Waals surface area contributed by atoms with E-state index in [0.29, 0.717) is 28.2 Å². The summed E-state index contributed by atoms with van der Waals surface area (Å²) in [6.45, 7) is 10.00. The van der Waals surface area contributed by atoms with Crippen LogP contribution >= 0.6 is 11.8 Å². The minimum Gasteiger partial charge on any atom is -0.341 e. The number of benzene rings is 2. The highest BCUT2D eigenvalue weighted by atomic mass is 32.2. The Morgan fingerprint density at radius 1 is 1.00 bits per heavy atom. The number of carbonyl (C=O) groups excluding carboxylic acids is 1. The van der Waals surface area contributed by atoms with E-state index in [4.69, 9.17) is 0 Å². The molecular formula is C26H29N5O2S. The zero-order chi connectivity index (χ0) is 24.0. The summed E-state index contributed by atoms with van der Waals surface area (Å²) in [4.78, 5) is 28.6. The first-order chi connectivity index (χ1) is 16.3. The number of amides is 1. The van der Waals surface area contributed by atoms with E-state index in [1.54, 1.807) is 4.57 Å². The summed E-state index contributed by atoms with van der Waals surface area (Å²) in [5.74, 6) is 1.89. The van der Waals surface area contributed by atoms with Gasteiger partial charge in [-0.3, -0.25) is 14.0 Å². The van der Waals surface area contributed by atoms with Crippen molar-refractivity contribution in [2.45, 2.75) is 39.3 Å². The molecule has 1 aliphatic rings. The Labute approximate surface area is 202 Å². The molecule has 3 heterocycles. The number of aromatic nitrogens is 4. The van der Waals surface area contributed by atoms with Crippen molar-refractivity contribution < 1.29 is 4.79 Å². The van der Waals surface area contributed by atoms with E-state index >= 15 is 0 Å². The molecule has 1 fully saturated rings. The van der Waals surface area contributed by atoms with Gasteiger partial charge < -0.3 is 4.90 Å². The fourth-order valence-corrected chi connectivity index (χ4v) is 6.06. The Morgan fingerprint density at radius 3 is 2.38 bits per heavy atom. The second-order valence-electron chi connectivity index (χ2n) is 9.55. The third-order valence-corrected chi connectivity index (χ3v) is 7.52. The highest BCUT2D eigenvalue weighted by molar-refractivity contribution is 7.99. The fourth-order valence-electron chi connectivity index (χ4n) is 5.22.